The smallest absolute Gasteiger partial charge is 0.319 e. The van der Waals surface area contributed by atoms with Gasteiger partial charge >= 0.3 is 6.03 Å². The van der Waals surface area contributed by atoms with E-state index in [1.54, 1.807) is 12.5 Å². The molecule has 2 heterocycles. The number of ether oxygens (including phenoxy) is 1. The van der Waals surface area contributed by atoms with Gasteiger partial charge in [-0.1, -0.05) is 0 Å². The predicted octanol–water partition coefficient (Wildman–Crippen LogP) is 2.74. The average Bonchev–Trinajstić information content (AvgIpc) is 3.18. The number of anilines is 1. The third-order valence-electron chi connectivity index (χ3n) is 4.67. The molecule has 1 aliphatic rings. The summed E-state index contributed by atoms with van der Waals surface area (Å²) in [6, 6.07) is 7.46. The predicted molar refractivity (Wildman–Crippen MR) is 102 cm³/mol. The maximum atomic E-state index is 12.0. The molecular formula is C19H27N5O2. The van der Waals surface area contributed by atoms with E-state index in [2.05, 4.69) is 27.6 Å². The van der Waals surface area contributed by atoms with Crippen molar-refractivity contribution < 1.29 is 9.53 Å². The Hall–Kier alpha value is -2.54. The minimum Gasteiger partial charge on any atom is -0.490 e. The second-order valence-electron chi connectivity index (χ2n) is 6.84. The molecule has 140 valence electrons. The molecule has 7 nitrogen and oxygen atoms in total. The van der Waals surface area contributed by atoms with Gasteiger partial charge in [-0.15, -0.1) is 0 Å². The van der Waals surface area contributed by atoms with Gasteiger partial charge in [0.25, 0.3) is 0 Å². The zero-order valence-electron chi connectivity index (χ0n) is 15.4. The zero-order chi connectivity index (χ0) is 18.4. The molecule has 3 rings (SSSR count). The number of nitrogens with one attached hydrogen (secondary N) is 2. The summed E-state index contributed by atoms with van der Waals surface area (Å²) in [5.41, 5.74) is 0.744. The zero-order valence-corrected chi connectivity index (χ0v) is 15.4. The molecule has 2 aromatic rings. The van der Waals surface area contributed by atoms with Crippen molar-refractivity contribution in [3.05, 3.63) is 43.0 Å². The van der Waals surface area contributed by atoms with Crippen LogP contribution in [0.5, 0.6) is 5.75 Å². The Morgan fingerprint density at radius 3 is 2.69 bits per heavy atom. The van der Waals surface area contributed by atoms with Gasteiger partial charge in [0.1, 0.15) is 11.9 Å². The first-order valence-electron chi connectivity index (χ1n) is 9.07. The van der Waals surface area contributed by atoms with E-state index < -0.39 is 0 Å². The second-order valence-corrected chi connectivity index (χ2v) is 6.84. The number of piperidine rings is 1. The number of imidazole rings is 1. The van der Waals surface area contributed by atoms with Crippen molar-refractivity contribution in [3.8, 4) is 5.75 Å². The summed E-state index contributed by atoms with van der Waals surface area (Å²) in [7, 11) is 2.14. The van der Waals surface area contributed by atoms with Crippen LogP contribution >= 0.6 is 0 Å². The maximum Gasteiger partial charge on any atom is 0.319 e. The van der Waals surface area contributed by atoms with Crippen molar-refractivity contribution >= 4 is 11.7 Å². The molecule has 0 spiro atoms. The molecule has 1 atom stereocenters. The van der Waals surface area contributed by atoms with E-state index in [0.717, 1.165) is 37.4 Å². The molecule has 1 saturated heterocycles. The van der Waals surface area contributed by atoms with Crippen molar-refractivity contribution in [3.63, 3.8) is 0 Å². The quantitative estimate of drug-likeness (QED) is 0.834. The van der Waals surface area contributed by atoms with Crippen molar-refractivity contribution in [2.75, 3.05) is 32.0 Å². The van der Waals surface area contributed by atoms with Gasteiger partial charge in [0.05, 0.1) is 6.33 Å². The van der Waals surface area contributed by atoms with Gasteiger partial charge in [-0.25, -0.2) is 9.78 Å². The fourth-order valence-corrected chi connectivity index (χ4v) is 2.96. The number of hydrogen-bond acceptors (Lipinski definition) is 4. The monoisotopic (exact) mass is 357 g/mol. The molecule has 1 aliphatic heterocycles. The number of urea groups is 1. The second kappa shape index (κ2) is 8.71. The number of rotatable bonds is 6. The molecule has 0 saturated carbocycles. The molecule has 1 aromatic carbocycles. The van der Waals surface area contributed by atoms with Crippen LogP contribution in [0.2, 0.25) is 0 Å². The SMILES string of the molecule is C[C@@H](CNC(=O)Nc1ccc(OC2CCN(C)CC2)cc1)n1ccnc1. The molecule has 2 amide bonds. The fraction of sp³-hybridized carbons (Fsp3) is 0.474. The number of likely N-dealkylation sites (tertiary alicyclic amines) is 1. The van der Waals surface area contributed by atoms with E-state index in [1.807, 2.05) is 42.0 Å². The Morgan fingerprint density at radius 1 is 1.31 bits per heavy atom. The first-order valence-corrected chi connectivity index (χ1v) is 9.07. The third-order valence-corrected chi connectivity index (χ3v) is 4.67. The average molecular weight is 357 g/mol. The van der Waals surface area contributed by atoms with Gasteiger partial charge in [0, 0.05) is 43.8 Å². The summed E-state index contributed by atoms with van der Waals surface area (Å²) in [6.07, 6.45) is 7.73. The van der Waals surface area contributed by atoms with E-state index in [9.17, 15) is 4.79 Å². The highest BCUT2D eigenvalue weighted by molar-refractivity contribution is 5.89. The highest BCUT2D eigenvalue weighted by Gasteiger charge is 2.17. The summed E-state index contributed by atoms with van der Waals surface area (Å²) in [5.74, 6) is 0.847. The van der Waals surface area contributed by atoms with Crippen molar-refractivity contribution in [1.29, 1.82) is 0 Å². The highest BCUT2D eigenvalue weighted by Crippen LogP contribution is 2.20. The molecule has 26 heavy (non-hydrogen) atoms. The van der Waals surface area contributed by atoms with E-state index in [-0.39, 0.29) is 18.2 Å². The van der Waals surface area contributed by atoms with Crippen molar-refractivity contribution in [1.82, 2.24) is 19.8 Å². The summed E-state index contributed by atoms with van der Waals surface area (Å²) < 4.78 is 7.97. The lowest BCUT2D eigenvalue weighted by Gasteiger charge is -2.29. The van der Waals surface area contributed by atoms with Gasteiger partial charge in [0.15, 0.2) is 0 Å². The summed E-state index contributed by atoms with van der Waals surface area (Å²) in [6.45, 7) is 4.70. The van der Waals surface area contributed by atoms with Crippen molar-refractivity contribution in [2.45, 2.75) is 31.9 Å². The number of amides is 2. The lowest BCUT2D eigenvalue weighted by atomic mass is 10.1. The van der Waals surface area contributed by atoms with Crippen LogP contribution in [0, 0.1) is 0 Å². The maximum absolute atomic E-state index is 12.0. The van der Waals surface area contributed by atoms with Gasteiger partial charge in [-0.3, -0.25) is 0 Å². The Bertz CT molecular complexity index is 678. The first-order chi connectivity index (χ1) is 12.6. The van der Waals surface area contributed by atoms with Crippen LogP contribution in [-0.4, -0.2) is 53.3 Å². The Morgan fingerprint density at radius 2 is 2.04 bits per heavy atom. The number of nitrogens with zero attached hydrogens (tertiary/aromatic N) is 3. The molecule has 0 radical (unpaired) electrons. The van der Waals surface area contributed by atoms with Gasteiger partial charge in [-0.05, 0) is 51.1 Å². The Balaban J connectivity index is 1.42. The molecule has 2 N–H and O–H groups in total. The minimum atomic E-state index is -0.221. The highest BCUT2D eigenvalue weighted by atomic mass is 16.5. The van der Waals surface area contributed by atoms with E-state index >= 15 is 0 Å². The Kier molecular flexibility index (Phi) is 6.12. The molecule has 1 aromatic heterocycles. The standard InChI is InChI=1S/C19H27N5O2/c1-15(24-12-9-20-14-24)13-21-19(25)22-16-3-5-17(6-4-16)26-18-7-10-23(2)11-8-18/h3-6,9,12,14-15,18H,7-8,10-11,13H2,1-2H3,(H2,21,22,25)/t15-/m0/s1. The van der Waals surface area contributed by atoms with Gasteiger partial charge in [-0.2, -0.15) is 0 Å². The van der Waals surface area contributed by atoms with Crippen LogP contribution < -0.4 is 15.4 Å². The number of hydrogen-bond donors (Lipinski definition) is 2. The number of aromatic nitrogens is 2. The minimum absolute atomic E-state index is 0.147. The van der Waals surface area contributed by atoms with Gasteiger partial charge in [0.2, 0.25) is 0 Å². The van der Waals surface area contributed by atoms with E-state index in [1.165, 1.54) is 0 Å². The molecule has 0 unspecified atom stereocenters. The van der Waals surface area contributed by atoms with Crippen molar-refractivity contribution in [2.24, 2.45) is 0 Å². The van der Waals surface area contributed by atoms with Crippen LogP contribution in [0.15, 0.2) is 43.0 Å². The summed E-state index contributed by atoms with van der Waals surface area (Å²) in [4.78, 5) is 18.4. The largest absolute Gasteiger partial charge is 0.490 e. The summed E-state index contributed by atoms with van der Waals surface area (Å²) in [5, 5.41) is 5.71. The van der Waals surface area contributed by atoms with Crippen LogP contribution in [0.25, 0.3) is 0 Å². The van der Waals surface area contributed by atoms with Crippen LogP contribution in [0.1, 0.15) is 25.8 Å². The van der Waals surface area contributed by atoms with Crippen LogP contribution in [0.4, 0.5) is 10.5 Å². The fourth-order valence-electron chi connectivity index (χ4n) is 2.96. The van der Waals surface area contributed by atoms with E-state index in [4.69, 9.17) is 4.74 Å². The number of carbonyl (C=O) groups is 1. The van der Waals surface area contributed by atoms with E-state index in [0.29, 0.717) is 6.54 Å². The molecule has 7 heteroatoms. The normalized spacial score (nSPS) is 16.8. The summed E-state index contributed by atoms with van der Waals surface area (Å²) >= 11 is 0. The van der Waals surface area contributed by atoms with Crippen LogP contribution in [0.3, 0.4) is 0 Å². The van der Waals surface area contributed by atoms with Gasteiger partial charge < -0.3 is 24.8 Å². The topological polar surface area (TPSA) is 71.4 Å². The Labute approximate surface area is 154 Å². The number of benzene rings is 1. The molecule has 0 aliphatic carbocycles. The third kappa shape index (κ3) is 5.23. The first kappa shape index (κ1) is 18.3. The molecule has 1 fully saturated rings. The van der Waals surface area contributed by atoms with Crippen LogP contribution in [-0.2, 0) is 0 Å². The lowest BCUT2D eigenvalue weighted by molar-refractivity contribution is 0.114. The molecule has 0 bridgehead atoms. The lowest BCUT2D eigenvalue weighted by Crippen LogP contribution is -2.35. The molecular weight excluding hydrogens is 330 g/mol. The number of carbonyl (C=O) groups excluding carboxylic acids is 1.